The first-order valence-electron chi connectivity index (χ1n) is 9.60. The molecular weight excluding hydrogens is 559 g/mol. The van der Waals surface area contributed by atoms with Gasteiger partial charge in [-0.05, 0) is 82.7 Å². The molecule has 4 nitrogen and oxygen atoms in total. The van der Waals surface area contributed by atoms with Gasteiger partial charge in [-0.25, -0.2) is 9.38 Å². The number of amidine groups is 1. The van der Waals surface area contributed by atoms with E-state index in [0.29, 0.717) is 15.8 Å². The van der Waals surface area contributed by atoms with Crippen LogP contribution < -0.4 is 10.1 Å². The second kappa shape index (κ2) is 10.0. The van der Waals surface area contributed by atoms with Crippen molar-refractivity contribution in [2.45, 2.75) is 13.5 Å². The van der Waals surface area contributed by atoms with Crippen LogP contribution in [-0.4, -0.2) is 11.1 Å². The zero-order valence-corrected chi connectivity index (χ0v) is 20.9. The Hall–Kier alpha value is -2.42. The maximum absolute atomic E-state index is 13.2. The Bertz CT molecular complexity index is 1230. The highest BCUT2D eigenvalue weighted by Crippen LogP contribution is 2.37. The van der Waals surface area contributed by atoms with Crippen molar-refractivity contribution in [3.63, 3.8) is 0 Å². The molecule has 1 N–H and O–H groups in total. The summed E-state index contributed by atoms with van der Waals surface area (Å²) in [5.41, 5.74) is 3.47. The van der Waals surface area contributed by atoms with Crippen LogP contribution in [-0.2, 0) is 11.4 Å². The van der Waals surface area contributed by atoms with Crippen molar-refractivity contribution in [2.24, 2.45) is 4.99 Å². The Balaban J connectivity index is 1.59. The van der Waals surface area contributed by atoms with E-state index < -0.39 is 0 Å². The van der Waals surface area contributed by atoms with Gasteiger partial charge in [0.15, 0.2) is 5.17 Å². The van der Waals surface area contributed by atoms with Gasteiger partial charge in [0.05, 0.1) is 15.1 Å². The summed E-state index contributed by atoms with van der Waals surface area (Å²) in [4.78, 5) is 17.6. The van der Waals surface area contributed by atoms with Crippen LogP contribution in [0.25, 0.3) is 6.08 Å². The van der Waals surface area contributed by atoms with Crippen molar-refractivity contribution in [1.82, 2.24) is 5.32 Å². The molecule has 1 fully saturated rings. The number of halogens is 3. The predicted molar refractivity (Wildman–Crippen MR) is 135 cm³/mol. The maximum Gasteiger partial charge on any atom is 0.264 e. The van der Waals surface area contributed by atoms with Gasteiger partial charge in [-0.15, -0.1) is 0 Å². The van der Waals surface area contributed by atoms with E-state index in [-0.39, 0.29) is 18.3 Å². The van der Waals surface area contributed by atoms with E-state index in [4.69, 9.17) is 4.74 Å². The molecule has 32 heavy (non-hydrogen) atoms. The number of carbonyl (C=O) groups is 1. The average Bonchev–Trinajstić information content (AvgIpc) is 3.09. The first kappa shape index (κ1) is 22.8. The Morgan fingerprint density at radius 3 is 2.53 bits per heavy atom. The monoisotopic (exact) mass is 574 g/mol. The summed E-state index contributed by atoms with van der Waals surface area (Å²) >= 11 is 8.30. The lowest BCUT2D eigenvalue weighted by atomic mass is 10.1. The van der Waals surface area contributed by atoms with Crippen molar-refractivity contribution < 1.29 is 13.9 Å². The SMILES string of the molecule is Cc1ccc(N=C2NC(=O)/C(=C/c3cc(Br)cc(Br)c3OCc3ccc(F)cc3)S2)cc1. The van der Waals surface area contributed by atoms with E-state index in [1.807, 2.05) is 43.3 Å². The highest BCUT2D eigenvalue weighted by Gasteiger charge is 2.24. The topological polar surface area (TPSA) is 50.7 Å². The van der Waals surface area contributed by atoms with Crippen molar-refractivity contribution in [1.29, 1.82) is 0 Å². The van der Waals surface area contributed by atoms with Crippen LogP contribution in [0, 0.1) is 12.7 Å². The molecule has 0 atom stereocenters. The Morgan fingerprint density at radius 2 is 1.81 bits per heavy atom. The number of hydrogen-bond donors (Lipinski definition) is 1. The molecule has 3 aromatic carbocycles. The van der Waals surface area contributed by atoms with Gasteiger partial charge >= 0.3 is 0 Å². The lowest BCUT2D eigenvalue weighted by Gasteiger charge is -2.13. The minimum atomic E-state index is -0.295. The molecule has 0 aliphatic carbocycles. The number of thioether (sulfide) groups is 1. The first-order chi connectivity index (χ1) is 15.4. The highest BCUT2D eigenvalue weighted by molar-refractivity contribution is 9.11. The van der Waals surface area contributed by atoms with Crippen LogP contribution in [0.2, 0.25) is 0 Å². The summed E-state index contributed by atoms with van der Waals surface area (Å²) in [6.45, 7) is 2.27. The van der Waals surface area contributed by atoms with Crippen molar-refractivity contribution >= 4 is 66.5 Å². The van der Waals surface area contributed by atoms with Gasteiger partial charge in [-0.3, -0.25) is 4.79 Å². The number of rotatable bonds is 5. The van der Waals surface area contributed by atoms with Crippen LogP contribution in [0.1, 0.15) is 16.7 Å². The van der Waals surface area contributed by atoms with Gasteiger partial charge in [0, 0.05) is 10.0 Å². The molecule has 3 aromatic rings. The van der Waals surface area contributed by atoms with Crippen LogP contribution >= 0.6 is 43.6 Å². The molecule has 4 rings (SSSR count). The Morgan fingerprint density at radius 1 is 1.09 bits per heavy atom. The fourth-order valence-corrected chi connectivity index (χ4v) is 5.14. The number of nitrogens with one attached hydrogen (secondary N) is 1. The minimum Gasteiger partial charge on any atom is -0.487 e. The quantitative estimate of drug-likeness (QED) is 0.329. The number of hydrogen-bond acceptors (Lipinski definition) is 4. The Labute approximate surface area is 206 Å². The smallest absolute Gasteiger partial charge is 0.264 e. The summed E-state index contributed by atoms with van der Waals surface area (Å²) in [5, 5.41) is 3.33. The fraction of sp³-hybridized carbons (Fsp3) is 0.0833. The lowest BCUT2D eigenvalue weighted by Crippen LogP contribution is -2.19. The lowest BCUT2D eigenvalue weighted by molar-refractivity contribution is -0.115. The summed E-state index contributed by atoms with van der Waals surface area (Å²) in [5.74, 6) is 0.0696. The number of ether oxygens (including phenoxy) is 1. The molecule has 1 heterocycles. The van der Waals surface area contributed by atoms with Crippen LogP contribution in [0.4, 0.5) is 10.1 Å². The molecule has 0 saturated carbocycles. The predicted octanol–water partition coefficient (Wildman–Crippen LogP) is 7.13. The molecule has 162 valence electrons. The standard InChI is InChI=1S/C24H17Br2FN2O2S/c1-14-2-8-19(9-3-14)28-24-29-23(30)21(32-24)11-16-10-17(25)12-20(26)22(16)31-13-15-4-6-18(27)7-5-15/h2-12H,13H2,1H3,(H,28,29,30)/b21-11-. The number of nitrogens with zero attached hydrogens (tertiary/aromatic N) is 1. The summed E-state index contributed by atoms with van der Waals surface area (Å²) in [6, 6.07) is 17.6. The third-order valence-electron chi connectivity index (χ3n) is 4.54. The summed E-state index contributed by atoms with van der Waals surface area (Å²) < 4.78 is 20.8. The number of benzene rings is 3. The molecule has 1 aliphatic rings. The number of amides is 1. The normalized spacial score (nSPS) is 15.9. The number of aliphatic imine (C=N–C) groups is 1. The molecule has 0 spiro atoms. The van der Waals surface area contributed by atoms with Crippen LogP contribution in [0.3, 0.4) is 0 Å². The third kappa shape index (κ3) is 5.68. The zero-order chi connectivity index (χ0) is 22.7. The van der Waals surface area contributed by atoms with Crippen molar-refractivity contribution in [2.75, 3.05) is 0 Å². The van der Waals surface area contributed by atoms with Gasteiger partial charge < -0.3 is 10.1 Å². The van der Waals surface area contributed by atoms with Gasteiger partial charge in [0.25, 0.3) is 5.91 Å². The third-order valence-corrected chi connectivity index (χ3v) is 6.49. The molecule has 0 radical (unpaired) electrons. The number of aryl methyl sites for hydroxylation is 1. The van der Waals surface area contributed by atoms with E-state index in [1.165, 1.54) is 23.9 Å². The van der Waals surface area contributed by atoms with Crippen LogP contribution in [0.5, 0.6) is 5.75 Å². The molecule has 1 amide bonds. The molecule has 1 aliphatic heterocycles. The van der Waals surface area contributed by atoms with E-state index in [1.54, 1.807) is 18.2 Å². The Kier molecular flexibility index (Phi) is 7.13. The van der Waals surface area contributed by atoms with E-state index in [2.05, 4.69) is 42.2 Å². The summed E-state index contributed by atoms with van der Waals surface area (Å²) in [7, 11) is 0. The van der Waals surface area contributed by atoms with E-state index in [9.17, 15) is 9.18 Å². The van der Waals surface area contributed by atoms with E-state index >= 15 is 0 Å². The molecular formula is C24H17Br2FN2O2S. The average molecular weight is 576 g/mol. The second-order valence-electron chi connectivity index (χ2n) is 7.04. The largest absolute Gasteiger partial charge is 0.487 e. The van der Waals surface area contributed by atoms with Crippen molar-refractivity contribution in [3.05, 3.63) is 97.0 Å². The van der Waals surface area contributed by atoms with Gasteiger partial charge in [-0.2, -0.15) is 0 Å². The van der Waals surface area contributed by atoms with Crippen molar-refractivity contribution in [3.8, 4) is 5.75 Å². The fourth-order valence-electron chi connectivity index (χ4n) is 2.93. The second-order valence-corrected chi connectivity index (χ2v) is 9.84. The minimum absolute atomic E-state index is 0.221. The van der Waals surface area contributed by atoms with E-state index in [0.717, 1.165) is 31.3 Å². The van der Waals surface area contributed by atoms with Crippen LogP contribution in [0.15, 0.2) is 79.5 Å². The molecule has 8 heteroatoms. The van der Waals surface area contributed by atoms with Gasteiger partial charge in [0.2, 0.25) is 0 Å². The zero-order valence-electron chi connectivity index (χ0n) is 16.9. The summed E-state index contributed by atoms with van der Waals surface area (Å²) in [6.07, 6.45) is 1.77. The molecule has 0 unspecified atom stereocenters. The highest BCUT2D eigenvalue weighted by atomic mass is 79.9. The number of carbonyl (C=O) groups excluding carboxylic acids is 1. The van der Waals surface area contributed by atoms with Gasteiger partial charge in [-0.1, -0.05) is 45.8 Å². The molecule has 0 bridgehead atoms. The first-order valence-corrected chi connectivity index (χ1v) is 12.0. The maximum atomic E-state index is 13.2. The molecule has 0 aromatic heterocycles. The van der Waals surface area contributed by atoms with Gasteiger partial charge in [0.1, 0.15) is 18.2 Å². The molecule has 1 saturated heterocycles.